The van der Waals surface area contributed by atoms with Crippen LogP contribution >= 0.6 is 0 Å². The number of fused-ring (bicyclic) bond motifs is 7. The highest BCUT2D eigenvalue weighted by Gasteiger charge is 2.76. The first-order valence-electron chi connectivity index (χ1n) is 21.9. The Hall–Kier alpha value is -1.01. The van der Waals surface area contributed by atoms with Gasteiger partial charge in [-0.1, -0.05) is 62.3 Å². The number of aliphatic hydroxyl groups excluding tert-OH is 8. The molecule has 0 aromatic carbocycles. The van der Waals surface area contributed by atoms with E-state index in [1.165, 1.54) is 6.92 Å². The molecule has 14 heteroatoms. The summed E-state index contributed by atoms with van der Waals surface area (Å²) in [7, 11) is 0. The van der Waals surface area contributed by atoms with Crippen LogP contribution in [-0.4, -0.2) is 140 Å². The number of hydrogen-bond donors (Lipinski definition) is 8. The highest BCUT2D eigenvalue weighted by atomic mass is 16.7. The second-order valence-electron chi connectivity index (χ2n) is 22.1. The average Bonchev–Trinajstić information content (AvgIpc) is 3.14. The molecule has 0 spiro atoms. The van der Waals surface area contributed by atoms with E-state index in [4.69, 9.17) is 23.7 Å². The van der Waals surface area contributed by atoms with Gasteiger partial charge in [-0.3, -0.25) is 4.79 Å². The summed E-state index contributed by atoms with van der Waals surface area (Å²) >= 11 is 0. The Balaban J connectivity index is 1.29. The zero-order chi connectivity index (χ0) is 42.9. The van der Waals surface area contributed by atoms with Crippen LogP contribution in [0.3, 0.4) is 0 Å². The van der Waals surface area contributed by atoms with Crippen molar-refractivity contribution in [2.24, 2.45) is 55.7 Å². The molecule has 7 aliphatic rings. The molecule has 5 aliphatic carbocycles. The maximum Gasteiger partial charge on any atom is 0.303 e. The summed E-state index contributed by atoms with van der Waals surface area (Å²) in [5.41, 5.74) is -2.52. The van der Waals surface area contributed by atoms with Crippen LogP contribution in [0.2, 0.25) is 0 Å². The van der Waals surface area contributed by atoms with Gasteiger partial charge in [0, 0.05) is 6.92 Å². The fourth-order valence-corrected chi connectivity index (χ4v) is 15.5. The normalized spacial score (nSPS) is 56.2. The smallest absolute Gasteiger partial charge is 0.303 e. The molecule has 2 aliphatic heterocycles. The van der Waals surface area contributed by atoms with Gasteiger partial charge in [0.2, 0.25) is 0 Å². The maximum atomic E-state index is 12.3. The van der Waals surface area contributed by atoms with Crippen LogP contribution in [0.1, 0.15) is 121 Å². The minimum atomic E-state index is -1.64. The van der Waals surface area contributed by atoms with Crippen molar-refractivity contribution in [2.75, 3.05) is 13.2 Å². The quantitative estimate of drug-likeness (QED) is 0.142. The molecule has 0 aromatic rings. The van der Waals surface area contributed by atoms with Crippen LogP contribution in [0.4, 0.5) is 0 Å². The predicted octanol–water partition coefficient (Wildman–Crippen LogP) is 2.41. The van der Waals surface area contributed by atoms with Gasteiger partial charge in [0.1, 0.15) is 36.6 Å². The van der Waals surface area contributed by atoms with Crippen LogP contribution in [0.5, 0.6) is 0 Å². The van der Waals surface area contributed by atoms with Gasteiger partial charge in [-0.15, -0.1) is 0 Å². The van der Waals surface area contributed by atoms with Gasteiger partial charge in [0.05, 0.1) is 37.6 Å². The lowest BCUT2D eigenvalue weighted by Crippen LogP contribution is -2.74. The Morgan fingerprint density at radius 1 is 0.655 bits per heavy atom. The molecule has 14 nitrogen and oxygen atoms in total. The molecule has 0 bridgehead atoms. The number of aliphatic hydroxyl groups is 8. The second kappa shape index (κ2) is 14.8. The lowest BCUT2D eigenvalue weighted by molar-refractivity contribution is -0.362. The van der Waals surface area contributed by atoms with Crippen molar-refractivity contribution >= 4 is 5.97 Å². The maximum absolute atomic E-state index is 12.3. The fraction of sp³-hybridized carbons (Fsp3) is 0.977. The van der Waals surface area contributed by atoms with Crippen LogP contribution in [0.25, 0.3) is 0 Å². The number of carbonyl (C=O) groups is 1. The van der Waals surface area contributed by atoms with E-state index in [9.17, 15) is 45.6 Å². The zero-order valence-corrected chi connectivity index (χ0v) is 36.3. The first kappa shape index (κ1) is 45.0. The molecular formula is C44H74O14. The Morgan fingerprint density at radius 2 is 1.28 bits per heavy atom. The van der Waals surface area contributed by atoms with Crippen molar-refractivity contribution in [1.29, 1.82) is 0 Å². The van der Waals surface area contributed by atoms with E-state index in [1.54, 1.807) is 0 Å². The highest BCUT2D eigenvalue weighted by molar-refractivity contribution is 5.66. The minimum Gasteiger partial charge on any atom is -0.457 e. The molecule has 8 N–H and O–H groups in total. The summed E-state index contributed by atoms with van der Waals surface area (Å²) in [6.45, 7) is 20.8. The summed E-state index contributed by atoms with van der Waals surface area (Å²) in [6.07, 6.45) is -9.34. The number of rotatable bonds is 6. The van der Waals surface area contributed by atoms with Gasteiger partial charge >= 0.3 is 5.97 Å². The third kappa shape index (κ3) is 6.18. The summed E-state index contributed by atoms with van der Waals surface area (Å²) in [4.78, 5) is 11.8. The van der Waals surface area contributed by atoms with Gasteiger partial charge in [-0.25, -0.2) is 0 Å². The molecule has 2 heterocycles. The van der Waals surface area contributed by atoms with Gasteiger partial charge in [0.25, 0.3) is 0 Å². The van der Waals surface area contributed by atoms with E-state index in [0.717, 1.165) is 38.5 Å². The molecule has 7 fully saturated rings. The molecule has 7 rings (SSSR count). The monoisotopic (exact) mass is 827 g/mol. The number of esters is 1. The van der Waals surface area contributed by atoms with E-state index >= 15 is 0 Å². The van der Waals surface area contributed by atoms with Crippen LogP contribution < -0.4 is 0 Å². The number of carbonyl (C=O) groups excluding carboxylic acids is 1. The fourth-order valence-electron chi connectivity index (χ4n) is 15.5. The van der Waals surface area contributed by atoms with Crippen molar-refractivity contribution in [3.05, 3.63) is 0 Å². The zero-order valence-electron chi connectivity index (χ0n) is 36.3. The second-order valence-corrected chi connectivity index (χ2v) is 22.1. The molecule has 2 saturated heterocycles. The SMILES string of the molecule is CC(=O)OC1COC(OC2CC3(C)C(CCC4C3(C)CCC3(C)C(C)(C)C(O)CCC43C)C3(C)CC(OC4OC(CO)C(O)C(O)C4O)C(O)C(C)(C)C23)C(O)C1O. The molecule has 21 atom stereocenters. The van der Waals surface area contributed by atoms with Crippen molar-refractivity contribution in [3.63, 3.8) is 0 Å². The van der Waals surface area contributed by atoms with Crippen molar-refractivity contribution in [2.45, 2.75) is 200 Å². The molecule has 21 unspecified atom stereocenters. The number of ether oxygens (including phenoxy) is 5. The topological polar surface area (TPSA) is 225 Å². The Kier molecular flexibility index (Phi) is 11.5. The average molecular weight is 827 g/mol. The Bertz CT molecular complexity index is 1540. The van der Waals surface area contributed by atoms with E-state index < -0.39 is 97.0 Å². The third-order valence-electron chi connectivity index (χ3n) is 19.2. The van der Waals surface area contributed by atoms with Gasteiger partial charge < -0.3 is 64.5 Å². The Labute approximate surface area is 343 Å². The molecule has 5 saturated carbocycles. The third-order valence-corrected chi connectivity index (χ3v) is 19.2. The summed E-state index contributed by atoms with van der Waals surface area (Å²) in [5.74, 6) is -0.507. The standard InChI is InChI=1S/C44H74O14/c1-21(46)55-25-20-54-36(32(51)30(25)49)56-22-18-43(9)26(11-12-27-41(43,7)15-16-44(10)39(4,5)28(47)13-14-42(27,44)8)40(6)17-23(35(53)38(2,3)34(22)40)57-37-33(52)31(50)29(48)24(19-45)58-37/h22-37,45,47-53H,11-20H2,1-10H3. The van der Waals surface area contributed by atoms with Gasteiger partial charge in [-0.05, 0) is 107 Å². The molecular weight excluding hydrogens is 752 g/mol. The van der Waals surface area contributed by atoms with Crippen molar-refractivity contribution < 1.29 is 69.3 Å². The lowest BCUT2D eigenvalue weighted by Gasteiger charge is -2.78. The van der Waals surface area contributed by atoms with Gasteiger partial charge in [0.15, 0.2) is 18.7 Å². The van der Waals surface area contributed by atoms with Gasteiger partial charge in [-0.2, -0.15) is 0 Å². The molecule has 0 aromatic heterocycles. The molecule has 58 heavy (non-hydrogen) atoms. The lowest BCUT2D eigenvalue weighted by atomic mass is 9.27. The molecule has 334 valence electrons. The van der Waals surface area contributed by atoms with E-state index in [1.807, 2.05) is 13.8 Å². The first-order valence-corrected chi connectivity index (χ1v) is 21.9. The summed E-state index contributed by atoms with van der Waals surface area (Å²) < 4.78 is 30.6. The summed E-state index contributed by atoms with van der Waals surface area (Å²) in [5, 5.41) is 88.4. The largest absolute Gasteiger partial charge is 0.457 e. The predicted molar refractivity (Wildman–Crippen MR) is 208 cm³/mol. The minimum absolute atomic E-state index is 0.0693. The number of hydrogen-bond acceptors (Lipinski definition) is 14. The van der Waals surface area contributed by atoms with Crippen LogP contribution in [0, 0.1) is 55.7 Å². The highest BCUT2D eigenvalue weighted by Crippen LogP contribution is 2.80. The first-order chi connectivity index (χ1) is 26.8. The molecule has 0 radical (unpaired) electrons. The summed E-state index contributed by atoms with van der Waals surface area (Å²) in [6, 6.07) is 0. The van der Waals surface area contributed by atoms with E-state index in [2.05, 4.69) is 48.5 Å². The van der Waals surface area contributed by atoms with Crippen LogP contribution in [-0.2, 0) is 28.5 Å². The van der Waals surface area contributed by atoms with E-state index in [-0.39, 0.29) is 51.6 Å². The molecule has 0 amide bonds. The van der Waals surface area contributed by atoms with Crippen molar-refractivity contribution in [1.82, 2.24) is 0 Å². The van der Waals surface area contributed by atoms with Crippen molar-refractivity contribution in [3.8, 4) is 0 Å². The van der Waals surface area contributed by atoms with E-state index in [0.29, 0.717) is 18.8 Å². The van der Waals surface area contributed by atoms with Crippen LogP contribution in [0.15, 0.2) is 0 Å². The Morgan fingerprint density at radius 3 is 1.91 bits per heavy atom.